The van der Waals surface area contributed by atoms with Crippen molar-refractivity contribution >= 4 is 8.25 Å². The van der Waals surface area contributed by atoms with Gasteiger partial charge in [0.2, 0.25) is 0 Å². The molecule has 0 aromatic heterocycles. The monoisotopic (exact) mass is 437 g/mol. The van der Waals surface area contributed by atoms with Gasteiger partial charge < -0.3 is 19.5 Å². The minimum atomic E-state index is -3.12. The molecule has 6 nitrogen and oxygen atoms in total. The van der Waals surface area contributed by atoms with Gasteiger partial charge in [0.25, 0.3) is 0 Å². The Bertz CT molecular complexity index is 335. The van der Waals surface area contributed by atoms with Crippen molar-refractivity contribution in [3.63, 3.8) is 0 Å². The topological polar surface area (TPSA) is 102 Å². The van der Waals surface area contributed by atoms with E-state index in [-0.39, 0.29) is 0 Å². The van der Waals surface area contributed by atoms with Crippen LogP contribution < -0.4 is 4.89 Å². The summed E-state index contributed by atoms with van der Waals surface area (Å²) in [6.07, 6.45) is 24.8. The fraction of sp³-hybridized carbons (Fsp3) is 0.909. The number of ether oxygens (including phenoxy) is 2. The summed E-state index contributed by atoms with van der Waals surface area (Å²) in [5, 5.41) is 6.94. The molecule has 0 saturated carbocycles. The second-order valence-electron chi connectivity index (χ2n) is 7.23. The number of allylic oxidation sites excluding steroid dienone is 1. The Labute approximate surface area is 179 Å². The van der Waals surface area contributed by atoms with Crippen LogP contribution in [0.25, 0.3) is 0 Å². The molecule has 1 atom stereocenters. The first-order valence-corrected chi connectivity index (χ1v) is 12.6. The Morgan fingerprint density at radius 1 is 0.828 bits per heavy atom. The molecule has 0 saturated heterocycles. The van der Waals surface area contributed by atoms with Crippen molar-refractivity contribution in [2.24, 2.45) is 0 Å². The third-order valence-corrected chi connectivity index (χ3v) is 4.51. The minimum absolute atomic E-state index is 0.328. The average molecular weight is 438 g/mol. The van der Waals surface area contributed by atoms with Crippen LogP contribution in [0.4, 0.5) is 0 Å². The SMILES string of the molecule is CCCCCCCCCCCCCCCC/C=C/OCCOCC[OH2+].O=[P+]([O-])O. The van der Waals surface area contributed by atoms with E-state index in [0.717, 1.165) is 6.42 Å². The Kier molecular flexibility index (Phi) is 31.4. The normalized spacial score (nSPS) is 11.4. The lowest BCUT2D eigenvalue weighted by Gasteiger charge is -2.03. The zero-order valence-corrected chi connectivity index (χ0v) is 19.5. The van der Waals surface area contributed by atoms with Gasteiger partial charge in [-0.05, 0) is 23.5 Å². The number of hydrogen-bond donors (Lipinski definition) is 1. The van der Waals surface area contributed by atoms with Gasteiger partial charge in [-0.25, -0.2) is 0 Å². The van der Waals surface area contributed by atoms with E-state index in [1.54, 1.807) is 6.26 Å². The summed E-state index contributed by atoms with van der Waals surface area (Å²) in [7, 11) is -3.12. The highest BCUT2D eigenvalue weighted by Gasteiger charge is 1.94. The van der Waals surface area contributed by atoms with E-state index in [0.29, 0.717) is 26.4 Å². The zero-order chi connectivity index (χ0) is 21.8. The predicted molar refractivity (Wildman–Crippen MR) is 119 cm³/mol. The summed E-state index contributed by atoms with van der Waals surface area (Å²) >= 11 is 0. The minimum Gasteiger partial charge on any atom is -0.567 e. The summed E-state index contributed by atoms with van der Waals surface area (Å²) in [6, 6.07) is 0. The molecule has 0 aliphatic heterocycles. The van der Waals surface area contributed by atoms with Crippen LogP contribution in [-0.2, 0) is 14.0 Å². The average Bonchev–Trinajstić information content (AvgIpc) is 2.69. The van der Waals surface area contributed by atoms with Crippen LogP contribution in [-0.4, -0.2) is 36.4 Å². The molecule has 174 valence electrons. The lowest BCUT2D eigenvalue weighted by Crippen LogP contribution is -2.04. The molecule has 0 aliphatic carbocycles. The van der Waals surface area contributed by atoms with Gasteiger partial charge in [-0.3, -0.25) is 0 Å². The molecule has 0 heterocycles. The van der Waals surface area contributed by atoms with Crippen molar-refractivity contribution in [2.75, 3.05) is 26.4 Å². The number of hydrogen-bond acceptors (Lipinski definition) is 4. The first-order chi connectivity index (χ1) is 14.1. The summed E-state index contributed by atoms with van der Waals surface area (Å²) < 4.78 is 19.1. The van der Waals surface area contributed by atoms with Gasteiger partial charge in [0.15, 0.2) is 6.61 Å². The van der Waals surface area contributed by atoms with Gasteiger partial charge >= 0.3 is 8.25 Å². The second-order valence-corrected chi connectivity index (χ2v) is 7.70. The van der Waals surface area contributed by atoms with E-state index < -0.39 is 8.25 Å². The van der Waals surface area contributed by atoms with Gasteiger partial charge in [0, 0.05) is 0 Å². The third-order valence-electron chi connectivity index (χ3n) is 4.51. The van der Waals surface area contributed by atoms with Crippen LogP contribution >= 0.6 is 8.25 Å². The van der Waals surface area contributed by atoms with Crippen molar-refractivity contribution in [3.05, 3.63) is 12.3 Å². The second kappa shape index (κ2) is 29.7. The fourth-order valence-corrected chi connectivity index (χ4v) is 2.94. The molecule has 0 aliphatic rings. The van der Waals surface area contributed by atoms with E-state index in [1.807, 2.05) is 0 Å². The first kappa shape index (κ1) is 30.7. The molecule has 0 radical (unpaired) electrons. The van der Waals surface area contributed by atoms with E-state index in [2.05, 4.69) is 13.0 Å². The van der Waals surface area contributed by atoms with Crippen LogP contribution in [0.15, 0.2) is 12.3 Å². The Hall–Kier alpha value is -0.520. The quantitative estimate of drug-likeness (QED) is 0.116. The molecule has 7 heteroatoms. The fourth-order valence-electron chi connectivity index (χ4n) is 2.94. The summed E-state index contributed by atoms with van der Waals surface area (Å²) in [5.41, 5.74) is 0. The maximum absolute atomic E-state index is 8.59. The van der Waals surface area contributed by atoms with Crippen LogP contribution in [0.2, 0.25) is 0 Å². The molecule has 0 fully saturated rings. The molecule has 0 aromatic carbocycles. The van der Waals surface area contributed by atoms with Crippen molar-refractivity contribution in [2.45, 2.75) is 103 Å². The highest BCUT2D eigenvalue weighted by molar-refractivity contribution is 7.29. The molecular formula is C22H46O6P+. The maximum atomic E-state index is 8.59. The third kappa shape index (κ3) is 38.7. The number of rotatable bonds is 21. The Morgan fingerprint density at radius 2 is 1.28 bits per heavy atom. The molecule has 0 amide bonds. The van der Waals surface area contributed by atoms with Crippen molar-refractivity contribution < 1.29 is 28.9 Å². The van der Waals surface area contributed by atoms with Crippen molar-refractivity contribution in [1.29, 1.82) is 0 Å². The van der Waals surface area contributed by atoms with E-state index in [1.165, 1.54) is 89.9 Å². The first-order valence-electron chi connectivity index (χ1n) is 11.5. The van der Waals surface area contributed by atoms with Gasteiger partial charge in [0.05, 0.1) is 12.9 Å². The van der Waals surface area contributed by atoms with Crippen molar-refractivity contribution in [3.8, 4) is 0 Å². The van der Waals surface area contributed by atoms with Crippen molar-refractivity contribution in [1.82, 2.24) is 0 Å². The molecule has 1 unspecified atom stereocenters. The van der Waals surface area contributed by atoms with Crippen LogP contribution in [0.1, 0.15) is 103 Å². The molecule has 3 N–H and O–H groups in total. The summed E-state index contributed by atoms with van der Waals surface area (Å²) in [4.78, 5) is 15.6. The maximum Gasteiger partial charge on any atom is 0.485 e. The van der Waals surface area contributed by atoms with Crippen LogP contribution in [0, 0.1) is 0 Å². The molecule has 0 aromatic rings. The van der Waals surface area contributed by atoms with E-state index in [4.69, 9.17) is 28.9 Å². The van der Waals surface area contributed by atoms with Crippen LogP contribution in [0.3, 0.4) is 0 Å². The number of unbranched alkanes of at least 4 members (excludes halogenated alkanes) is 14. The molecule has 0 spiro atoms. The van der Waals surface area contributed by atoms with Crippen LogP contribution in [0.5, 0.6) is 0 Å². The highest BCUT2D eigenvalue weighted by Crippen LogP contribution is 2.13. The van der Waals surface area contributed by atoms with Gasteiger partial charge in [0.1, 0.15) is 13.2 Å². The largest absolute Gasteiger partial charge is 0.567 e. The highest BCUT2D eigenvalue weighted by atomic mass is 31.1. The Morgan fingerprint density at radius 3 is 1.72 bits per heavy atom. The summed E-state index contributed by atoms with van der Waals surface area (Å²) in [6.45, 7) is 4.30. The smallest absolute Gasteiger partial charge is 0.485 e. The Balaban J connectivity index is 0. The van der Waals surface area contributed by atoms with Gasteiger partial charge in [-0.15, -0.1) is 0 Å². The molecule has 0 rings (SSSR count). The molecular weight excluding hydrogens is 391 g/mol. The van der Waals surface area contributed by atoms with E-state index in [9.17, 15) is 0 Å². The van der Waals surface area contributed by atoms with E-state index >= 15 is 0 Å². The molecule has 0 bridgehead atoms. The lowest BCUT2D eigenvalue weighted by atomic mass is 10.0. The lowest BCUT2D eigenvalue weighted by molar-refractivity contribution is -0.180. The predicted octanol–water partition coefficient (Wildman–Crippen LogP) is 5.13. The standard InChI is InChI=1S/C22H44O3.HO3P/c1-2-3-4-5-6-7-8-9-10-11-12-13-14-15-16-17-19-24-21-22-25-20-18-23;1-4(2)3/h17,19,23H,2-16,18,20-22H2,1H3;(H,1,2,3)/p+1/b19-17+;. The van der Waals surface area contributed by atoms with Gasteiger partial charge in [-0.2, -0.15) is 4.89 Å². The van der Waals surface area contributed by atoms with Gasteiger partial charge in [-0.1, -0.05) is 90.4 Å². The summed E-state index contributed by atoms with van der Waals surface area (Å²) in [5.74, 6) is 0. The zero-order valence-electron chi connectivity index (χ0n) is 18.6. The molecule has 29 heavy (non-hydrogen) atoms.